The maximum Gasteiger partial charge on any atom is 0.278 e. The largest absolute Gasteiger partial charge is 0.350 e. The summed E-state index contributed by atoms with van der Waals surface area (Å²) >= 11 is 0. The van der Waals surface area contributed by atoms with Gasteiger partial charge in [0, 0.05) is 24.8 Å². The number of rotatable bonds is 3. The maximum atomic E-state index is 13.6. The van der Waals surface area contributed by atoms with Gasteiger partial charge in [-0.15, -0.1) is 0 Å². The van der Waals surface area contributed by atoms with E-state index in [0.717, 1.165) is 16.8 Å². The highest BCUT2D eigenvalue weighted by atomic mass is 16.2. The molecule has 5 heteroatoms. The van der Waals surface area contributed by atoms with Gasteiger partial charge in [0.05, 0.1) is 11.3 Å². The molecule has 0 saturated carbocycles. The van der Waals surface area contributed by atoms with Crippen LogP contribution in [-0.4, -0.2) is 30.3 Å². The first-order valence-electron chi connectivity index (χ1n) is 9.74. The van der Waals surface area contributed by atoms with Gasteiger partial charge in [-0.3, -0.25) is 9.59 Å². The number of likely N-dealkylation sites (N-methyl/N-ethyl adjacent to an activating group) is 1. The molecular weight excluding hydrogens is 362 g/mol. The number of carbonyl (C=O) groups is 2. The fourth-order valence-electron chi connectivity index (χ4n) is 4.41. The average Bonchev–Trinajstić information content (AvgIpc) is 2.97. The molecule has 0 unspecified atom stereocenters. The molecule has 144 valence electrons. The van der Waals surface area contributed by atoms with Gasteiger partial charge in [-0.2, -0.15) is 0 Å². The highest BCUT2D eigenvalue weighted by molar-refractivity contribution is 6.15. The number of fused-ring (bicyclic) bond motifs is 3. The second-order valence-corrected chi connectivity index (χ2v) is 7.45. The van der Waals surface area contributed by atoms with Crippen molar-refractivity contribution in [3.05, 3.63) is 95.6 Å². The quantitative estimate of drug-likeness (QED) is 0.752. The van der Waals surface area contributed by atoms with Gasteiger partial charge in [0.1, 0.15) is 0 Å². The number of nitrogens with one attached hydrogen (secondary N) is 1. The first-order chi connectivity index (χ1) is 14.1. The van der Waals surface area contributed by atoms with Crippen LogP contribution in [0.3, 0.4) is 0 Å². The van der Waals surface area contributed by atoms with Crippen LogP contribution < -0.4 is 10.2 Å². The SMILES string of the molecule is CN1C(=O)[C@@]2(Nc3ccccc3C(=O)N2CCc2ccccc2)c2ccccc21. The van der Waals surface area contributed by atoms with Crippen LogP contribution in [0.1, 0.15) is 21.5 Å². The van der Waals surface area contributed by atoms with Crippen LogP contribution >= 0.6 is 0 Å². The second kappa shape index (κ2) is 6.48. The molecule has 5 nitrogen and oxygen atoms in total. The first kappa shape index (κ1) is 17.5. The molecule has 1 N–H and O–H groups in total. The Hall–Kier alpha value is -3.60. The summed E-state index contributed by atoms with van der Waals surface area (Å²) in [7, 11) is 1.76. The number of amides is 2. The fraction of sp³-hybridized carbons (Fsp3) is 0.167. The molecule has 3 aromatic carbocycles. The molecule has 2 aliphatic heterocycles. The van der Waals surface area contributed by atoms with E-state index in [4.69, 9.17) is 0 Å². The van der Waals surface area contributed by atoms with Crippen LogP contribution in [0.4, 0.5) is 11.4 Å². The van der Waals surface area contributed by atoms with Gasteiger partial charge in [0.15, 0.2) is 0 Å². The molecule has 0 saturated heterocycles. The zero-order valence-corrected chi connectivity index (χ0v) is 16.1. The molecular formula is C24H21N3O2. The molecule has 2 amide bonds. The molecule has 0 aromatic heterocycles. The molecule has 3 aromatic rings. The van der Waals surface area contributed by atoms with Crippen molar-refractivity contribution < 1.29 is 9.59 Å². The minimum atomic E-state index is -1.23. The zero-order chi connectivity index (χ0) is 20.0. The third kappa shape index (κ3) is 2.47. The van der Waals surface area contributed by atoms with Gasteiger partial charge in [-0.1, -0.05) is 60.7 Å². The Morgan fingerprint density at radius 1 is 0.862 bits per heavy atom. The van der Waals surface area contributed by atoms with Crippen molar-refractivity contribution in [2.75, 3.05) is 23.8 Å². The Bertz CT molecular complexity index is 1110. The summed E-state index contributed by atoms with van der Waals surface area (Å²) in [6.07, 6.45) is 0.664. The summed E-state index contributed by atoms with van der Waals surface area (Å²) in [6.45, 7) is 0.429. The van der Waals surface area contributed by atoms with Crippen molar-refractivity contribution in [2.45, 2.75) is 12.1 Å². The number of benzene rings is 3. The lowest BCUT2D eigenvalue weighted by atomic mass is 9.92. The highest BCUT2D eigenvalue weighted by Gasteiger charge is 2.58. The van der Waals surface area contributed by atoms with Crippen LogP contribution in [-0.2, 0) is 16.9 Å². The molecule has 29 heavy (non-hydrogen) atoms. The molecule has 0 radical (unpaired) electrons. The Morgan fingerprint density at radius 3 is 2.38 bits per heavy atom. The predicted octanol–water partition coefficient (Wildman–Crippen LogP) is 3.63. The van der Waals surface area contributed by atoms with E-state index in [-0.39, 0.29) is 11.8 Å². The Balaban J connectivity index is 1.65. The van der Waals surface area contributed by atoms with E-state index in [2.05, 4.69) is 5.32 Å². The standard InChI is InChI=1S/C24H21N3O2/c1-26-21-14-8-6-12-19(21)24(23(26)29)25-20-13-7-5-11-18(20)22(28)27(24)16-15-17-9-3-2-4-10-17/h2-14,25H,15-16H2,1H3/t24-/m1/s1. The number of para-hydroxylation sites is 2. The molecule has 5 rings (SSSR count). The van der Waals surface area contributed by atoms with Gasteiger partial charge in [0.25, 0.3) is 11.8 Å². The summed E-state index contributed by atoms with van der Waals surface area (Å²) in [5.41, 5.74) is 2.80. The van der Waals surface area contributed by atoms with Crippen molar-refractivity contribution in [2.24, 2.45) is 0 Å². The van der Waals surface area contributed by atoms with E-state index < -0.39 is 5.66 Å². The number of nitrogens with zero attached hydrogens (tertiary/aromatic N) is 2. The van der Waals surface area contributed by atoms with Crippen LogP contribution in [0.2, 0.25) is 0 Å². The lowest BCUT2D eigenvalue weighted by Crippen LogP contribution is -2.62. The van der Waals surface area contributed by atoms with Gasteiger partial charge < -0.3 is 15.1 Å². The Morgan fingerprint density at radius 2 is 1.55 bits per heavy atom. The molecule has 1 atom stereocenters. The zero-order valence-electron chi connectivity index (χ0n) is 16.1. The minimum Gasteiger partial charge on any atom is -0.350 e. The number of carbonyl (C=O) groups excluding carboxylic acids is 2. The van der Waals surface area contributed by atoms with Crippen molar-refractivity contribution in [1.82, 2.24) is 4.90 Å². The van der Waals surface area contributed by atoms with E-state index in [1.165, 1.54) is 0 Å². The third-order valence-electron chi connectivity index (χ3n) is 5.86. The van der Waals surface area contributed by atoms with Gasteiger partial charge in [-0.05, 0) is 30.2 Å². The molecule has 2 heterocycles. The first-order valence-corrected chi connectivity index (χ1v) is 9.74. The van der Waals surface area contributed by atoms with E-state index in [1.54, 1.807) is 16.8 Å². The predicted molar refractivity (Wildman–Crippen MR) is 113 cm³/mol. The monoisotopic (exact) mass is 383 g/mol. The Labute approximate surface area is 169 Å². The molecule has 0 bridgehead atoms. The van der Waals surface area contributed by atoms with E-state index in [0.29, 0.717) is 24.2 Å². The van der Waals surface area contributed by atoms with Gasteiger partial charge >= 0.3 is 0 Å². The summed E-state index contributed by atoms with van der Waals surface area (Å²) in [5, 5.41) is 3.44. The van der Waals surface area contributed by atoms with Gasteiger partial charge in [-0.25, -0.2) is 0 Å². The highest BCUT2D eigenvalue weighted by Crippen LogP contribution is 2.47. The van der Waals surface area contributed by atoms with Crippen molar-refractivity contribution in [1.29, 1.82) is 0 Å². The molecule has 2 aliphatic rings. The third-order valence-corrected chi connectivity index (χ3v) is 5.86. The van der Waals surface area contributed by atoms with Gasteiger partial charge in [0.2, 0.25) is 5.66 Å². The fourth-order valence-corrected chi connectivity index (χ4v) is 4.41. The van der Waals surface area contributed by atoms with Crippen molar-refractivity contribution >= 4 is 23.2 Å². The maximum absolute atomic E-state index is 13.6. The number of hydrogen-bond donors (Lipinski definition) is 1. The van der Waals surface area contributed by atoms with Crippen LogP contribution in [0.15, 0.2) is 78.9 Å². The topological polar surface area (TPSA) is 52.7 Å². The van der Waals surface area contributed by atoms with Crippen LogP contribution in [0.5, 0.6) is 0 Å². The normalized spacial score (nSPS) is 19.9. The summed E-state index contributed by atoms with van der Waals surface area (Å²) < 4.78 is 0. The lowest BCUT2D eigenvalue weighted by molar-refractivity contribution is -0.127. The molecule has 0 fully saturated rings. The van der Waals surface area contributed by atoms with Crippen LogP contribution in [0, 0.1) is 0 Å². The van der Waals surface area contributed by atoms with Crippen molar-refractivity contribution in [3.8, 4) is 0 Å². The summed E-state index contributed by atoms with van der Waals surface area (Å²) in [5.74, 6) is -0.275. The molecule has 1 spiro atoms. The van der Waals surface area contributed by atoms with E-state index in [1.807, 2.05) is 78.9 Å². The number of hydrogen-bond acceptors (Lipinski definition) is 3. The van der Waals surface area contributed by atoms with Crippen LogP contribution in [0.25, 0.3) is 0 Å². The number of anilines is 2. The van der Waals surface area contributed by atoms with E-state index >= 15 is 0 Å². The Kier molecular flexibility index (Phi) is 3.91. The smallest absolute Gasteiger partial charge is 0.278 e. The average molecular weight is 383 g/mol. The summed E-state index contributed by atoms with van der Waals surface area (Å²) in [4.78, 5) is 30.5. The minimum absolute atomic E-state index is 0.131. The molecule has 0 aliphatic carbocycles. The van der Waals surface area contributed by atoms with Crippen molar-refractivity contribution in [3.63, 3.8) is 0 Å². The lowest BCUT2D eigenvalue weighted by Gasteiger charge is -2.45. The second-order valence-electron chi connectivity index (χ2n) is 7.45. The summed E-state index contributed by atoms with van der Waals surface area (Å²) in [6, 6.07) is 25.1. The van der Waals surface area contributed by atoms with E-state index in [9.17, 15) is 9.59 Å².